The third-order valence-corrected chi connectivity index (χ3v) is 3.82. The van der Waals surface area contributed by atoms with E-state index in [9.17, 15) is 9.59 Å². The monoisotopic (exact) mass is 276 g/mol. The standard InChI is InChI=1S/C13H16N4O3/c1-16-7-9(12(18)17(2)13(16)19)11-15-14-10(20-11)8-5-3-4-6-8/h7-8H,3-6H2,1-2H3. The van der Waals surface area contributed by atoms with Crippen molar-refractivity contribution in [2.45, 2.75) is 31.6 Å². The molecule has 2 aromatic rings. The van der Waals surface area contributed by atoms with Gasteiger partial charge in [0.15, 0.2) is 0 Å². The van der Waals surface area contributed by atoms with Crippen molar-refractivity contribution >= 4 is 0 Å². The molecular weight excluding hydrogens is 260 g/mol. The molecular formula is C13H16N4O3. The second-order valence-electron chi connectivity index (χ2n) is 5.23. The molecule has 2 heterocycles. The molecule has 0 amide bonds. The first-order valence-electron chi connectivity index (χ1n) is 6.68. The van der Waals surface area contributed by atoms with Gasteiger partial charge in [0, 0.05) is 26.2 Å². The van der Waals surface area contributed by atoms with Crippen molar-refractivity contribution in [3.63, 3.8) is 0 Å². The molecule has 3 rings (SSSR count). The first-order valence-corrected chi connectivity index (χ1v) is 6.68. The van der Waals surface area contributed by atoms with E-state index in [1.165, 1.54) is 30.7 Å². The highest BCUT2D eigenvalue weighted by Gasteiger charge is 2.24. The Bertz CT molecular complexity index is 750. The second kappa shape index (κ2) is 4.73. The largest absolute Gasteiger partial charge is 0.420 e. The van der Waals surface area contributed by atoms with Gasteiger partial charge in [-0.25, -0.2) is 4.79 Å². The van der Waals surface area contributed by atoms with Crippen LogP contribution in [0, 0.1) is 0 Å². The van der Waals surface area contributed by atoms with E-state index in [2.05, 4.69) is 10.2 Å². The van der Waals surface area contributed by atoms with Crippen LogP contribution in [0.4, 0.5) is 0 Å². The number of aryl methyl sites for hydroxylation is 1. The smallest absolute Gasteiger partial charge is 0.330 e. The van der Waals surface area contributed by atoms with Crippen LogP contribution in [0.15, 0.2) is 20.2 Å². The summed E-state index contributed by atoms with van der Waals surface area (Å²) in [6.07, 6.45) is 5.88. The average Bonchev–Trinajstić information content (AvgIpc) is 3.10. The van der Waals surface area contributed by atoms with Crippen molar-refractivity contribution in [3.8, 4) is 11.5 Å². The first kappa shape index (κ1) is 12.8. The van der Waals surface area contributed by atoms with Crippen LogP contribution in [-0.4, -0.2) is 19.3 Å². The molecule has 0 bridgehead atoms. The molecule has 1 saturated carbocycles. The molecule has 2 aromatic heterocycles. The molecule has 0 N–H and O–H groups in total. The Labute approximate surface area is 114 Å². The van der Waals surface area contributed by atoms with Gasteiger partial charge in [0.05, 0.1) is 0 Å². The van der Waals surface area contributed by atoms with Crippen LogP contribution in [0.3, 0.4) is 0 Å². The quantitative estimate of drug-likeness (QED) is 0.810. The molecule has 1 fully saturated rings. The summed E-state index contributed by atoms with van der Waals surface area (Å²) in [4.78, 5) is 23.7. The molecule has 106 valence electrons. The zero-order valence-corrected chi connectivity index (χ0v) is 11.5. The molecule has 0 radical (unpaired) electrons. The minimum atomic E-state index is -0.422. The van der Waals surface area contributed by atoms with Crippen molar-refractivity contribution in [2.24, 2.45) is 14.1 Å². The Morgan fingerprint density at radius 1 is 1.20 bits per heavy atom. The first-order chi connectivity index (χ1) is 9.58. The Hall–Kier alpha value is -2.18. The van der Waals surface area contributed by atoms with E-state index in [1.54, 1.807) is 7.05 Å². The fourth-order valence-electron chi connectivity index (χ4n) is 2.64. The lowest BCUT2D eigenvalue weighted by molar-refractivity contribution is 0.456. The zero-order valence-electron chi connectivity index (χ0n) is 11.5. The van der Waals surface area contributed by atoms with Gasteiger partial charge >= 0.3 is 5.69 Å². The average molecular weight is 276 g/mol. The molecule has 7 nitrogen and oxygen atoms in total. The molecule has 1 aliphatic carbocycles. The van der Waals surface area contributed by atoms with Crippen LogP contribution in [0.25, 0.3) is 11.5 Å². The summed E-state index contributed by atoms with van der Waals surface area (Å²) in [5.74, 6) is 1.07. The van der Waals surface area contributed by atoms with Crippen LogP contribution in [-0.2, 0) is 14.1 Å². The van der Waals surface area contributed by atoms with Gasteiger partial charge in [-0.15, -0.1) is 10.2 Å². The molecule has 7 heteroatoms. The van der Waals surface area contributed by atoms with Crippen LogP contribution < -0.4 is 11.2 Å². The fraction of sp³-hybridized carbons (Fsp3) is 0.538. The minimum absolute atomic E-state index is 0.183. The summed E-state index contributed by atoms with van der Waals surface area (Å²) in [5, 5.41) is 8.00. The highest BCUT2D eigenvalue weighted by molar-refractivity contribution is 5.49. The van der Waals surface area contributed by atoms with Crippen molar-refractivity contribution in [1.82, 2.24) is 19.3 Å². The summed E-state index contributed by atoms with van der Waals surface area (Å²) < 4.78 is 8.00. The predicted octanol–water partition coefficient (Wildman–Crippen LogP) is 0.792. The van der Waals surface area contributed by atoms with Gasteiger partial charge in [-0.3, -0.25) is 9.36 Å². The molecule has 1 aliphatic rings. The van der Waals surface area contributed by atoms with E-state index < -0.39 is 5.56 Å². The Kier molecular flexibility index (Phi) is 3.04. The maximum atomic E-state index is 12.1. The van der Waals surface area contributed by atoms with Gasteiger partial charge in [-0.05, 0) is 12.8 Å². The van der Waals surface area contributed by atoms with Crippen LogP contribution >= 0.6 is 0 Å². The van der Waals surface area contributed by atoms with E-state index in [4.69, 9.17) is 4.42 Å². The van der Waals surface area contributed by atoms with E-state index >= 15 is 0 Å². The van der Waals surface area contributed by atoms with E-state index in [0.717, 1.165) is 17.4 Å². The highest BCUT2D eigenvalue weighted by Crippen LogP contribution is 2.33. The summed E-state index contributed by atoms with van der Waals surface area (Å²) in [6, 6.07) is 0. The third-order valence-electron chi connectivity index (χ3n) is 3.82. The normalized spacial score (nSPS) is 15.9. The lowest BCUT2D eigenvalue weighted by atomic mass is 10.1. The van der Waals surface area contributed by atoms with Gasteiger partial charge in [-0.1, -0.05) is 12.8 Å². The Morgan fingerprint density at radius 3 is 2.60 bits per heavy atom. The van der Waals surface area contributed by atoms with Gasteiger partial charge < -0.3 is 8.98 Å². The second-order valence-corrected chi connectivity index (χ2v) is 5.23. The lowest BCUT2D eigenvalue weighted by Crippen LogP contribution is -2.37. The molecule has 0 saturated heterocycles. The van der Waals surface area contributed by atoms with Crippen molar-refractivity contribution in [3.05, 3.63) is 32.9 Å². The van der Waals surface area contributed by atoms with Gasteiger partial charge in [0.2, 0.25) is 5.89 Å². The fourth-order valence-corrected chi connectivity index (χ4v) is 2.64. The van der Waals surface area contributed by atoms with Gasteiger partial charge in [-0.2, -0.15) is 0 Å². The highest BCUT2D eigenvalue weighted by atomic mass is 16.4. The molecule has 20 heavy (non-hydrogen) atoms. The number of hydrogen-bond acceptors (Lipinski definition) is 5. The summed E-state index contributed by atoms with van der Waals surface area (Å²) in [7, 11) is 3.02. The molecule has 0 spiro atoms. The minimum Gasteiger partial charge on any atom is -0.420 e. The van der Waals surface area contributed by atoms with Crippen molar-refractivity contribution < 1.29 is 4.42 Å². The van der Waals surface area contributed by atoms with Crippen molar-refractivity contribution in [2.75, 3.05) is 0 Å². The maximum absolute atomic E-state index is 12.1. The van der Waals surface area contributed by atoms with Crippen LogP contribution in [0.2, 0.25) is 0 Å². The number of hydrogen-bond donors (Lipinski definition) is 0. The summed E-state index contributed by atoms with van der Waals surface area (Å²) in [5.41, 5.74) is -0.546. The van der Waals surface area contributed by atoms with Gasteiger partial charge in [0.1, 0.15) is 5.56 Å². The van der Waals surface area contributed by atoms with Crippen molar-refractivity contribution in [1.29, 1.82) is 0 Å². The maximum Gasteiger partial charge on any atom is 0.330 e. The predicted molar refractivity (Wildman–Crippen MR) is 71.4 cm³/mol. The van der Waals surface area contributed by atoms with Crippen LogP contribution in [0.1, 0.15) is 37.5 Å². The SMILES string of the molecule is Cn1cc(-c2nnc(C3CCCC3)o2)c(=O)n(C)c1=O. The number of rotatable bonds is 2. The van der Waals surface area contributed by atoms with E-state index in [0.29, 0.717) is 11.8 Å². The number of aromatic nitrogens is 4. The number of nitrogens with zero attached hydrogens (tertiary/aromatic N) is 4. The summed E-state index contributed by atoms with van der Waals surface area (Å²) >= 11 is 0. The Balaban J connectivity index is 2.06. The molecule has 0 aromatic carbocycles. The van der Waals surface area contributed by atoms with E-state index in [-0.39, 0.29) is 17.1 Å². The molecule has 0 aliphatic heterocycles. The Morgan fingerprint density at radius 2 is 1.90 bits per heavy atom. The van der Waals surface area contributed by atoms with Crippen LogP contribution in [0.5, 0.6) is 0 Å². The zero-order chi connectivity index (χ0) is 14.3. The molecule has 0 atom stereocenters. The lowest BCUT2D eigenvalue weighted by Gasteiger charge is -2.04. The topological polar surface area (TPSA) is 82.9 Å². The van der Waals surface area contributed by atoms with E-state index in [1.807, 2.05) is 0 Å². The third kappa shape index (κ3) is 1.99. The van der Waals surface area contributed by atoms with Gasteiger partial charge in [0.25, 0.3) is 11.4 Å². The molecule has 0 unspecified atom stereocenters. The summed E-state index contributed by atoms with van der Waals surface area (Å²) in [6.45, 7) is 0.